The quantitative estimate of drug-likeness (QED) is 0.649. The van der Waals surface area contributed by atoms with Gasteiger partial charge in [-0.2, -0.15) is 0 Å². The summed E-state index contributed by atoms with van der Waals surface area (Å²) < 4.78 is 5.26. The van der Waals surface area contributed by atoms with Crippen LogP contribution >= 0.6 is 0 Å². The van der Waals surface area contributed by atoms with Crippen LogP contribution < -0.4 is 5.32 Å². The van der Waals surface area contributed by atoms with Crippen molar-refractivity contribution in [1.29, 1.82) is 0 Å². The van der Waals surface area contributed by atoms with E-state index in [0.29, 0.717) is 6.42 Å². The molecule has 3 nitrogen and oxygen atoms in total. The van der Waals surface area contributed by atoms with Crippen molar-refractivity contribution < 1.29 is 9.53 Å². The summed E-state index contributed by atoms with van der Waals surface area (Å²) in [7, 11) is 0. The fourth-order valence-electron chi connectivity index (χ4n) is 1.52. The molecular formula is C10H19NO2. The minimum absolute atomic E-state index is 0.263. The number of rotatable bonds is 5. The van der Waals surface area contributed by atoms with E-state index >= 15 is 0 Å². The molecule has 0 amide bonds. The molecule has 1 fully saturated rings. The second kappa shape index (κ2) is 6.11. The maximum atomic E-state index is 10.6. The van der Waals surface area contributed by atoms with Crippen molar-refractivity contribution in [2.75, 3.05) is 26.3 Å². The third kappa shape index (κ3) is 5.01. The van der Waals surface area contributed by atoms with Crippen LogP contribution in [0.1, 0.15) is 26.2 Å². The first-order chi connectivity index (χ1) is 6.29. The minimum atomic E-state index is 0.263. The topological polar surface area (TPSA) is 38.3 Å². The number of hydrogen-bond acceptors (Lipinski definition) is 3. The average molecular weight is 185 g/mol. The van der Waals surface area contributed by atoms with Crippen LogP contribution in [0.4, 0.5) is 0 Å². The lowest BCUT2D eigenvalue weighted by Crippen LogP contribution is -2.28. The van der Waals surface area contributed by atoms with Crippen molar-refractivity contribution in [2.45, 2.75) is 26.2 Å². The van der Waals surface area contributed by atoms with Gasteiger partial charge < -0.3 is 10.1 Å². The largest absolute Gasteiger partial charge is 0.381 e. The molecule has 1 saturated heterocycles. The molecule has 0 saturated carbocycles. The number of carbonyl (C=O) groups excluding carboxylic acids is 1. The van der Waals surface area contributed by atoms with Gasteiger partial charge in [-0.25, -0.2) is 0 Å². The van der Waals surface area contributed by atoms with E-state index in [1.807, 2.05) is 0 Å². The van der Waals surface area contributed by atoms with Gasteiger partial charge in [0, 0.05) is 26.2 Å². The molecule has 0 radical (unpaired) electrons. The standard InChI is InChI=1S/C10H19NO2/c1-9(12)2-5-11-8-10-3-6-13-7-4-10/h10-11H,2-8H2,1H3. The first-order valence-electron chi connectivity index (χ1n) is 5.07. The second-order valence-electron chi connectivity index (χ2n) is 3.71. The lowest BCUT2D eigenvalue weighted by atomic mass is 10.0. The van der Waals surface area contributed by atoms with E-state index in [1.165, 1.54) is 0 Å². The predicted octanol–water partition coefficient (Wildman–Crippen LogP) is 0.982. The highest BCUT2D eigenvalue weighted by Gasteiger charge is 2.12. The first-order valence-corrected chi connectivity index (χ1v) is 5.07. The molecule has 1 aliphatic heterocycles. The van der Waals surface area contributed by atoms with Gasteiger partial charge in [0.2, 0.25) is 0 Å². The average Bonchev–Trinajstić information content (AvgIpc) is 2.14. The van der Waals surface area contributed by atoms with Crippen molar-refractivity contribution in [1.82, 2.24) is 5.32 Å². The van der Waals surface area contributed by atoms with E-state index in [-0.39, 0.29) is 5.78 Å². The monoisotopic (exact) mass is 185 g/mol. The fourth-order valence-corrected chi connectivity index (χ4v) is 1.52. The summed E-state index contributed by atoms with van der Waals surface area (Å²) in [5.41, 5.74) is 0. The van der Waals surface area contributed by atoms with Gasteiger partial charge in [0.05, 0.1) is 0 Å². The van der Waals surface area contributed by atoms with Crippen molar-refractivity contribution in [3.63, 3.8) is 0 Å². The Morgan fingerprint density at radius 1 is 1.46 bits per heavy atom. The van der Waals surface area contributed by atoms with Crippen LogP contribution in [0.5, 0.6) is 0 Å². The zero-order valence-electron chi connectivity index (χ0n) is 8.34. The fraction of sp³-hybridized carbons (Fsp3) is 0.900. The molecule has 0 atom stereocenters. The maximum Gasteiger partial charge on any atom is 0.131 e. The van der Waals surface area contributed by atoms with Gasteiger partial charge in [0.25, 0.3) is 0 Å². The highest BCUT2D eigenvalue weighted by Crippen LogP contribution is 2.12. The molecule has 0 aromatic heterocycles. The third-order valence-corrected chi connectivity index (χ3v) is 2.43. The normalized spacial score (nSPS) is 18.8. The molecule has 13 heavy (non-hydrogen) atoms. The Hall–Kier alpha value is -0.410. The molecule has 1 aliphatic rings. The van der Waals surface area contributed by atoms with Crippen LogP contribution in [-0.4, -0.2) is 32.1 Å². The number of nitrogens with one attached hydrogen (secondary N) is 1. The molecular weight excluding hydrogens is 166 g/mol. The van der Waals surface area contributed by atoms with E-state index in [9.17, 15) is 4.79 Å². The summed E-state index contributed by atoms with van der Waals surface area (Å²) in [6.07, 6.45) is 2.98. The van der Waals surface area contributed by atoms with E-state index < -0.39 is 0 Å². The number of carbonyl (C=O) groups is 1. The van der Waals surface area contributed by atoms with Crippen molar-refractivity contribution in [2.24, 2.45) is 5.92 Å². The SMILES string of the molecule is CC(=O)CCNCC1CCOCC1. The van der Waals surface area contributed by atoms with Gasteiger partial charge in [-0.1, -0.05) is 0 Å². The Morgan fingerprint density at radius 3 is 2.77 bits per heavy atom. The summed E-state index contributed by atoms with van der Waals surface area (Å²) in [5, 5.41) is 3.31. The van der Waals surface area contributed by atoms with Crippen LogP contribution in [0.25, 0.3) is 0 Å². The van der Waals surface area contributed by atoms with E-state index in [0.717, 1.165) is 45.1 Å². The Morgan fingerprint density at radius 2 is 2.15 bits per heavy atom. The van der Waals surface area contributed by atoms with Gasteiger partial charge in [-0.15, -0.1) is 0 Å². The van der Waals surface area contributed by atoms with Crippen LogP contribution in [0.15, 0.2) is 0 Å². The first kappa shape index (κ1) is 10.7. The molecule has 0 spiro atoms. The zero-order valence-corrected chi connectivity index (χ0v) is 8.34. The lowest BCUT2D eigenvalue weighted by molar-refractivity contribution is -0.116. The van der Waals surface area contributed by atoms with E-state index in [1.54, 1.807) is 6.92 Å². The molecule has 0 aliphatic carbocycles. The Balaban J connectivity index is 1.95. The molecule has 1 N–H and O–H groups in total. The highest BCUT2D eigenvalue weighted by molar-refractivity contribution is 5.75. The molecule has 1 heterocycles. The summed E-state index contributed by atoms with van der Waals surface area (Å²) in [5.74, 6) is 1.01. The Bertz CT molecular complexity index is 153. The lowest BCUT2D eigenvalue weighted by Gasteiger charge is -2.22. The molecule has 0 bridgehead atoms. The number of Topliss-reactive ketones (excluding diaryl/α,β-unsaturated/α-hetero) is 1. The predicted molar refractivity (Wildman–Crippen MR) is 51.7 cm³/mol. The van der Waals surface area contributed by atoms with Gasteiger partial charge >= 0.3 is 0 Å². The smallest absolute Gasteiger partial charge is 0.131 e. The Labute approximate surface area is 79.8 Å². The second-order valence-corrected chi connectivity index (χ2v) is 3.71. The summed E-state index contributed by atoms with van der Waals surface area (Å²) in [6, 6.07) is 0. The third-order valence-electron chi connectivity index (χ3n) is 2.43. The van der Waals surface area contributed by atoms with Crippen molar-refractivity contribution in [3.8, 4) is 0 Å². The van der Waals surface area contributed by atoms with Crippen LogP contribution in [-0.2, 0) is 9.53 Å². The molecule has 76 valence electrons. The number of ketones is 1. The van der Waals surface area contributed by atoms with Gasteiger partial charge in [0.15, 0.2) is 0 Å². The molecule has 1 rings (SSSR count). The van der Waals surface area contributed by atoms with E-state index in [4.69, 9.17) is 4.74 Å². The van der Waals surface area contributed by atoms with Gasteiger partial charge in [0.1, 0.15) is 5.78 Å². The van der Waals surface area contributed by atoms with Crippen LogP contribution in [0.2, 0.25) is 0 Å². The number of ether oxygens (including phenoxy) is 1. The van der Waals surface area contributed by atoms with E-state index in [2.05, 4.69) is 5.32 Å². The van der Waals surface area contributed by atoms with Crippen LogP contribution in [0.3, 0.4) is 0 Å². The van der Waals surface area contributed by atoms with Gasteiger partial charge in [-0.05, 0) is 32.2 Å². The highest BCUT2D eigenvalue weighted by atomic mass is 16.5. The molecule has 0 unspecified atom stereocenters. The molecule has 0 aromatic carbocycles. The molecule has 3 heteroatoms. The summed E-state index contributed by atoms with van der Waals surface area (Å²) in [4.78, 5) is 10.6. The minimum Gasteiger partial charge on any atom is -0.381 e. The maximum absolute atomic E-state index is 10.6. The van der Waals surface area contributed by atoms with Crippen molar-refractivity contribution >= 4 is 5.78 Å². The number of hydrogen-bond donors (Lipinski definition) is 1. The van der Waals surface area contributed by atoms with Crippen molar-refractivity contribution in [3.05, 3.63) is 0 Å². The van der Waals surface area contributed by atoms with Crippen LogP contribution in [0, 0.1) is 5.92 Å². The summed E-state index contributed by atoms with van der Waals surface area (Å²) >= 11 is 0. The molecule has 0 aromatic rings. The summed E-state index contributed by atoms with van der Waals surface area (Å²) in [6.45, 7) is 5.30. The van der Waals surface area contributed by atoms with Gasteiger partial charge in [-0.3, -0.25) is 4.79 Å². The Kier molecular flexibility index (Phi) is 5.01. The zero-order chi connectivity index (χ0) is 9.52.